The largest absolute Gasteiger partial charge is 2.00 e. The zero-order valence-electron chi connectivity index (χ0n) is 43.4. The Hall–Kier alpha value is -6.29. The molecule has 0 saturated carbocycles. The third-order valence-electron chi connectivity index (χ3n) is 10.6. The molecule has 9 aromatic rings. The molecule has 363 valence electrons. The summed E-state index contributed by atoms with van der Waals surface area (Å²) in [7, 11) is 0. The molecule has 9 nitrogen and oxygen atoms in total. The van der Waals surface area contributed by atoms with E-state index in [1.54, 1.807) is 19.0 Å². The molecule has 0 amide bonds. The fourth-order valence-corrected chi connectivity index (χ4v) is 6.64. The van der Waals surface area contributed by atoms with E-state index >= 15 is 0 Å². The number of aryl methyl sites for hydroxylation is 6. The number of benzene rings is 6. The van der Waals surface area contributed by atoms with E-state index in [0.29, 0.717) is 0 Å². The van der Waals surface area contributed by atoms with Crippen LogP contribution < -0.4 is 16.0 Å². The topological polar surface area (TPSA) is 113 Å². The molecule has 12 heteroatoms. The van der Waals surface area contributed by atoms with Gasteiger partial charge in [-0.2, -0.15) is 18.2 Å². The molecule has 0 bridgehead atoms. The van der Waals surface area contributed by atoms with Gasteiger partial charge in [-0.1, -0.05) is 52.9 Å². The first-order valence-corrected chi connectivity index (χ1v) is 23.2. The SMILES string of the molecule is CC.CC.CC.[CH-]=Cc1[c-]c(Nc2ncnc3cc(C)c(C)cc23)ccc1.[CH-]=Cc1[c-]c(Nc2ncnc3cc(C)c(C)cc23)ccc1.[CH-]=Cc1[c-]cccc1Nc1ncnc2cc(C)c(C)cc12.[V+2].[V+2].[V+2]. The number of anilines is 6. The van der Waals surface area contributed by atoms with Gasteiger partial charge in [0.25, 0.3) is 0 Å². The summed E-state index contributed by atoms with van der Waals surface area (Å²) in [4.78, 5) is 26.0. The van der Waals surface area contributed by atoms with Gasteiger partial charge in [-0.05, 0) is 111 Å². The van der Waals surface area contributed by atoms with Crippen LogP contribution in [0.5, 0.6) is 0 Å². The maximum atomic E-state index is 5.63. The molecular weight excluding hydrogens is 1000 g/mol. The number of nitrogens with zero attached hydrogens (tertiary/aromatic N) is 6. The second-order valence-electron chi connectivity index (χ2n) is 14.9. The van der Waals surface area contributed by atoms with Gasteiger partial charge in [-0.25, -0.2) is 60.2 Å². The van der Waals surface area contributed by atoms with Gasteiger partial charge in [0.15, 0.2) is 0 Å². The minimum atomic E-state index is 0. The van der Waals surface area contributed by atoms with E-state index in [-0.39, 0.29) is 55.7 Å². The van der Waals surface area contributed by atoms with Crippen LogP contribution in [0, 0.1) is 79.5 Å². The molecule has 0 fully saturated rings. The minimum Gasteiger partial charge on any atom is -0.397 e. The first-order valence-electron chi connectivity index (χ1n) is 23.2. The number of hydrogen-bond acceptors (Lipinski definition) is 9. The van der Waals surface area contributed by atoms with E-state index < -0.39 is 0 Å². The third kappa shape index (κ3) is 17.2. The van der Waals surface area contributed by atoms with Gasteiger partial charge >= 0.3 is 55.7 Å². The van der Waals surface area contributed by atoms with Gasteiger partial charge in [0.05, 0.1) is 16.6 Å². The number of aromatic nitrogens is 6. The Morgan fingerprint density at radius 3 is 1.11 bits per heavy atom. The summed E-state index contributed by atoms with van der Waals surface area (Å²) in [5.41, 5.74) is 15.1. The van der Waals surface area contributed by atoms with Crippen LogP contribution in [0.4, 0.5) is 34.5 Å². The van der Waals surface area contributed by atoms with Crippen LogP contribution in [-0.4, -0.2) is 29.9 Å². The normalized spacial score (nSPS) is 9.50. The smallest absolute Gasteiger partial charge is 0.397 e. The van der Waals surface area contributed by atoms with Crippen LogP contribution in [0.3, 0.4) is 0 Å². The molecule has 3 radical (unpaired) electrons. The van der Waals surface area contributed by atoms with Crippen LogP contribution in [0.15, 0.2) is 110 Å². The van der Waals surface area contributed by atoms with Gasteiger partial charge in [0.2, 0.25) is 0 Å². The van der Waals surface area contributed by atoms with Crippen molar-refractivity contribution in [2.75, 3.05) is 16.0 Å². The number of nitrogens with one attached hydrogen (secondary N) is 3. The summed E-state index contributed by atoms with van der Waals surface area (Å²) >= 11 is 0. The molecule has 0 aliphatic carbocycles. The average Bonchev–Trinajstić information content (AvgIpc) is 3.38. The third-order valence-corrected chi connectivity index (χ3v) is 10.6. The summed E-state index contributed by atoms with van der Waals surface area (Å²) in [5.74, 6) is 2.31. The zero-order valence-corrected chi connectivity index (χ0v) is 47.6. The van der Waals surface area contributed by atoms with Gasteiger partial charge in [-0.3, -0.25) is 5.56 Å². The summed E-state index contributed by atoms with van der Waals surface area (Å²) in [6.07, 6.45) is 9.28. The van der Waals surface area contributed by atoms with E-state index in [2.05, 4.69) is 142 Å². The molecule has 9 rings (SSSR count). The molecular formula is C60H63N9V3. The van der Waals surface area contributed by atoms with Crippen molar-refractivity contribution >= 4 is 85.5 Å². The summed E-state index contributed by atoms with van der Waals surface area (Å²) in [6.45, 7) is 41.2. The fourth-order valence-electron chi connectivity index (χ4n) is 6.64. The van der Waals surface area contributed by atoms with Gasteiger partial charge in [0, 0.05) is 16.2 Å². The fraction of sp³-hybridized carbons (Fsp3) is 0.200. The Balaban J connectivity index is 0.000000502. The Labute approximate surface area is 464 Å². The van der Waals surface area contributed by atoms with Crippen molar-refractivity contribution in [2.45, 2.75) is 83.1 Å². The van der Waals surface area contributed by atoms with Gasteiger partial charge in [-0.15, -0.1) is 30.0 Å². The molecule has 0 aliphatic heterocycles. The average molecular weight is 1060 g/mol. The second kappa shape index (κ2) is 32.6. The van der Waals surface area contributed by atoms with E-state index in [1.165, 1.54) is 51.6 Å². The van der Waals surface area contributed by atoms with Crippen molar-refractivity contribution in [2.24, 2.45) is 0 Å². The van der Waals surface area contributed by atoms with Crippen LogP contribution in [0.25, 0.3) is 50.9 Å². The van der Waals surface area contributed by atoms with Crippen molar-refractivity contribution in [3.05, 3.63) is 198 Å². The van der Waals surface area contributed by atoms with E-state index in [4.69, 9.17) is 19.7 Å². The Morgan fingerprint density at radius 2 is 0.764 bits per heavy atom. The van der Waals surface area contributed by atoms with E-state index in [0.717, 1.165) is 83.9 Å². The van der Waals surface area contributed by atoms with Crippen LogP contribution in [0.1, 0.15) is 91.6 Å². The molecule has 0 saturated heterocycles. The molecule has 0 spiro atoms. The van der Waals surface area contributed by atoms with E-state index in [1.807, 2.05) is 96.1 Å². The molecule has 0 unspecified atom stereocenters. The zero-order chi connectivity index (χ0) is 50.5. The van der Waals surface area contributed by atoms with Crippen LogP contribution in [-0.2, 0) is 55.7 Å². The summed E-state index contributed by atoms with van der Waals surface area (Å²) in [6, 6.07) is 39.2. The molecule has 6 aromatic carbocycles. The Morgan fingerprint density at radius 1 is 0.417 bits per heavy atom. The van der Waals surface area contributed by atoms with Crippen molar-refractivity contribution in [3.8, 4) is 0 Å². The summed E-state index contributed by atoms with van der Waals surface area (Å²) in [5, 5.41) is 12.9. The van der Waals surface area contributed by atoms with Crippen molar-refractivity contribution in [1.29, 1.82) is 0 Å². The predicted molar refractivity (Wildman–Crippen MR) is 293 cm³/mol. The monoisotopic (exact) mass is 1060 g/mol. The van der Waals surface area contributed by atoms with Crippen molar-refractivity contribution in [3.63, 3.8) is 0 Å². The molecule has 3 heterocycles. The molecule has 0 atom stereocenters. The maximum Gasteiger partial charge on any atom is 2.00 e. The standard InChI is InChI=1S/3C18H15N3.3C2H6.3V/c2*1-4-14-6-5-7-15(10-14)21-18-16-8-12(2)13(3)9-17(16)19-11-20-18;1-4-14-7-5-6-8-16(14)21-18-15-9-12(2)13(3)10-17(15)19-11-20-18;3*1-2;;;/h2*1,4-9,11H,2-3H3,(H,19,20,21);1,4-6,8-11H,2-3H3,(H,19,20,21);3*1-2H3;;;/q3*-2;;;;3*+2. The molecule has 0 aliphatic rings. The number of fused-ring (bicyclic) bond motifs is 3. The Bertz CT molecular complexity index is 3010. The predicted octanol–water partition coefficient (Wildman–Crippen LogP) is 15.8. The minimum absolute atomic E-state index is 0. The quantitative estimate of drug-likeness (QED) is 0.122. The summed E-state index contributed by atoms with van der Waals surface area (Å²) < 4.78 is 0. The van der Waals surface area contributed by atoms with Gasteiger partial charge < -0.3 is 65.0 Å². The van der Waals surface area contributed by atoms with Crippen LogP contribution in [0.2, 0.25) is 0 Å². The molecule has 3 N–H and O–H groups in total. The van der Waals surface area contributed by atoms with Crippen molar-refractivity contribution in [1.82, 2.24) is 29.9 Å². The maximum absolute atomic E-state index is 5.63. The first kappa shape index (κ1) is 63.7. The number of hydrogen-bond donors (Lipinski definition) is 3. The van der Waals surface area contributed by atoms with Crippen molar-refractivity contribution < 1.29 is 55.7 Å². The number of rotatable bonds is 9. The van der Waals surface area contributed by atoms with Crippen LogP contribution >= 0.6 is 0 Å². The molecule has 3 aromatic heterocycles. The first-order chi connectivity index (χ1) is 33.5. The Kier molecular flexibility index (Phi) is 28.9. The van der Waals surface area contributed by atoms with Gasteiger partial charge in [0.1, 0.15) is 36.4 Å². The second-order valence-corrected chi connectivity index (χ2v) is 14.9. The molecule has 72 heavy (non-hydrogen) atoms. The van der Waals surface area contributed by atoms with E-state index in [9.17, 15) is 0 Å².